The number of nitrogens with two attached hydrogens (primary N) is 1. The Bertz CT molecular complexity index is 66.1. The summed E-state index contributed by atoms with van der Waals surface area (Å²) in [5.41, 5.74) is 5.41. The lowest BCUT2D eigenvalue weighted by atomic mass is 10.3. The van der Waals surface area contributed by atoms with Gasteiger partial charge in [0.05, 0.1) is 6.61 Å². The highest BCUT2D eigenvalue weighted by atomic mass is 16.3. The van der Waals surface area contributed by atoms with Crippen molar-refractivity contribution in [2.24, 2.45) is 5.73 Å². The molecule has 0 saturated heterocycles. The van der Waals surface area contributed by atoms with E-state index in [4.69, 9.17) is 10.8 Å². The van der Waals surface area contributed by atoms with Crippen molar-refractivity contribution in [2.75, 3.05) is 13.2 Å². The molecule has 4 N–H and O–H groups in total. The smallest absolute Gasteiger partial charge is 0.0594 e. The van der Waals surface area contributed by atoms with Crippen LogP contribution in [-0.4, -0.2) is 30.3 Å². The predicted octanol–water partition coefficient (Wildman–Crippen LogP) is -0.696. The normalized spacial score (nSPS) is 14.3. The van der Waals surface area contributed by atoms with Gasteiger partial charge < -0.3 is 16.2 Å². The maximum atomic E-state index is 8.48. The van der Waals surface area contributed by atoms with Gasteiger partial charge in [0.1, 0.15) is 0 Å². The molecule has 9 heavy (non-hydrogen) atoms. The molecule has 0 fully saturated rings. The topological polar surface area (TPSA) is 58.3 Å². The molecule has 56 valence electrons. The highest BCUT2D eigenvalue weighted by molar-refractivity contribution is 4.63. The van der Waals surface area contributed by atoms with Crippen molar-refractivity contribution >= 4 is 0 Å². The fraction of sp³-hybridized carbons (Fsp3) is 1.00. The van der Waals surface area contributed by atoms with Gasteiger partial charge >= 0.3 is 0 Å². The summed E-state index contributed by atoms with van der Waals surface area (Å²) in [5.74, 6) is 0. The Morgan fingerprint density at radius 1 is 1.56 bits per heavy atom. The molecule has 1 atom stereocenters. The molecule has 3 heteroatoms. The molecule has 0 rings (SSSR count). The van der Waals surface area contributed by atoms with Crippen LogP contribution in [0.4, 0.5) is 0 Å². The third-order valence-corrected chi connectivity index (χ3v) is 1.02. The van der Waals surface area contributed by atoms with Crippen LogP contribution in [0.3, 0.4) is 0 Å². The Labute approximate surface area is 56.2 Å². The Hall–Kier alpha value is -0.120. The minimum Gasteiger partial charge on any atom is -0.395 e. The minimum absolute atomic E-state index is 0.0553. The summed E-state index contributed by atoms with van der Waals surface area (Å²) in [6, 6.07) is 0.329. The molecule has 0 radical (unpaired) electrons. The van der Waals surface area contributed by atoms with Crippen LogP contribution in [-0.2, 0) is 0 Å². The van der Waals surface area contributed by atoms with Crippen LogP contribution in [0.5, 0.6) is 0 Å². The molecule has 0 aliphatic carbocycles. The van der Waals surface area contributed by atoms with Crippen LogP contribution in [0.25, 0.3) is 0 Å². The van der Waals surface area contributed by atoms with Crippen molar-refractivity contribution in [1.82, 2.24) is 5.32 Å². The monoisotopic (exact) mass is 132 g/mol. The predicted molar refractivity (Wildman–Crippen MR) is 38.2 cm³/mol. The van der Waals surface area contributed by atoms with Crippen molar-refractivity contribution in [1.29, 1.82) is 0 Å². The lowest BCUT2D eigenvalue weighted by Crippen LogP contribution is -2.39. The second-order valence-electron chi connectivity index (χ2n) is 2.51. The number of aliphatic hydroxyl groups is 1. The van der Waals surface area contributed by atoms with Gasteiger partial charge in [-0.1, -0.05) is 13.8 Å². The van der Waals surface area contributed by atoms with E-state index in [0.29, 0.717) is 12.6 Å². The molecule has 0 aromatic rings. The first-order valence-electron chi connectivity index (χ1n) is 3.26. The summed E-state index contributed by atoms with van der Waals surface area (Å²) in [4.78, 5) is 0. The second-order valence-corrected chi connectivity index (χ2v) is 2.51. The van der Waals surface area contributed by atoms with E-state index in [1.807, 2.05) is 13.8 Å². The molecule has 0 aromatic carbocycles. The van der Waals surface area contributed by atoms with Gasteiger partial charge in [0, 0.05) is 18.6 Å². The first-order chi connectivity index (χ1) is 4.16. The van der Waals surface area contributed by atoms with Crippen LogP contribution >= 0.6 is 0 Å². The number of hydrogen-bond donors (Lipinski definition) is 3. The van der Waals surface area contributed by atoms with Gasteiger partial charge in [0.15, 0.2) is 0 Å². The van der Waals surface area contributed by atoms with Crippen LogP contribution in [0, 0.1) is 0 Å². The summed E-state index contributed by atoms with van der Waals surface area (Å²) in [7, 11) is 0. The quantitative estimate of drug-likeness (QED) is 0.474. The highest BCUT2D eigenvalue weighted by Gasteiger charge is 1.99. The molecule has 0 saturated carbocycles. The standard InChI is InChI=1S/C6H16N2O/c1-5(2)8-3-6(7)4-9/h5-6,8-9H,3-4,7H2,1-2H3. The van der Waals surface area contributed by atoms with Gasteiger partial charge in [-0.15, -0.1) is 0 Å². The van der Waals surface area contributed by atoms with E-state index in [9.17, 15) is 0 Å². The van der Waals surface area contributed by atoms with Gasteiger partial charge in [0.25, 0.3) is 0 Å². The summed E-state index contributed by atoms with van der Waals surface area (Å²) >= 11 is 0. The van der Waals surface area contributed by atoms with Crippen molar-refractivity contribution in [3.05, 3.63) is 0 Å². The van der Waals surface area contributed by atoms with Crippen LogP contribution in [0.15, 0.2) is 0 Å². The van der Waals surface area contributed by atoms with Crippen molar-refractivity contribution in [2.45, 2.75) is 25.9 Å². The number of rotatable bonds is 4. The first kappa shape index (κ1) is 8.88. The summed E-state index contributed by atoms with van der Waals surface area (Å²) < 4.78 is 0. The number of hydrogen-bond acceptors (Lipinski definition) is 3. The maximum Gasteiger partial charge on any atom is 0.0594 e. The molecule has 0 aliphatic rings. The lowest BCUT2D eigenvalue weighted by molar-refractivity contribution is 0.260. The van der Waals surface area contributed by atoms with Gasteiger partial charge in [-0.05, 0) is 0 Å². The molecule has 0 heterocycles. The average Bonchev–Trinajstić information content (AvgIpc) is 1.83. The molecule has 3 nitrogen and oxygen atoms in total. The van der Waals surface area contributed by atoms with Crippen LogP contribution < -0.4 is 11.1 Å². The molecular weight excluding hydrogens is 116 g/mol. The third-order valence-electron chi connectivity index (χ3n) is 1.02. The highest BCUT2D eigenvalue weighted by Crippen LogP contribution is 1.77. The zero-order chi connectivity index (χ0) is 7.28. The number of aliphatic hydroxyl groups excluding tert-OH is 1. The Morgan fingerprint density at radius 3 is 2.44 bits per heavy atom. The van der Waals surface area contributed by atoms with Crippen molar-refractivity contribution < 1.29 is 5.11 Å². The van der Waals surface area contributed by atoms with E-state index >= 15 is 0 Å². The Morgan fingerprint density at radius 2 is 2.11 bits per heavy atom. The lowest BCUT2D eigenvalue weighted by Gasteiger charge is -2.11. The summed E-state index contributed by atoms with van der Waals surface area (Å²) in [5, 5.41) is 11.6. The minimum atomic E-state index is -0.118. The first-order valence-corrected chi connectivity index (χ1v) is 3.26. The molecule has 0 amide bonds. The zero-order valence-electron chi connectivity index (χ0n) is 6.09. The third kappa shape index (κ3) is 5.76. The van der Waals surface area contributed by atoms with Crippen molar-refractivity contribution in [3.8, 4) is 0 Å². The van der Waals surface area contributed by atoms with Gasteiger partial charge in [-0.25, -0.2) is 0 Å². The SMILES string of the molecule is CC(C)NCC(N)CO. The largest absolute Gasteiger partial charge is 0.395 e. The van der Waals surface area contributed by atoms with Crippen molar-refractivity contribution in [3.63, 3.8) is 0 Å². The van der Waals surface area contributed by atoms with E-state index in [1.165, 1.54) is 0 Å². The van der Waals surface area contributed by atoms with E-state index in [2.05, 4.69) is 5.32 Å². The van der Waals surface area contributed by atoms with E-state index in [0.717, 1.165) is 0 Å². The Kier molecular flexibility index (Phi) is 4.67. The molecule has 0 aromatic heterocycles. The van der Waals surface area contributed by atoms with Gasteiger partial charge in [-0.3, -0.25) is 0 Å². The average molecular weight is 132 g/mol. The Balaban J connectivity index is 3.06. The van der Waals surface area contributed by atoms with Gasteiger partial charge in [-0.2, -0.15) is 0 Å². The summed E-state index contributed by atoms with van der Waals surface area (Å²) in [6.07, 6.45) is 0. The molecular formula is C6H16N2O. The molecule has 0 aliphatic heterocycles. The molecule has 0 spiro atoms. The fourth-order valence-electron chi connectivity index (χ4n) is 0.452. The zero-order valence-corrected chi connectivity index (χ0v) is 6.09. The van der Waals surface area contributed by atoms with E-state index in [1.54, 1.807) is 0 Å². The van der Waals surface area contributed by atoms with Crippen LogP contribution in [0.1, 0.15) is 13.8 Å². The van der Waals surface area contributed by atoms with Gasteiger partial charge in [0.2, 0.25) is 0 Å². The second kappa shape index (κ2) is 4.73. The maximum absolute atomic E-state index is 8.48. The van der Waals surface area contributed by atoms with E-state index in [-0.39, 0.29) is 12.6 Å². The fourth-order valence-corrected chi connectivity index (χ4v) is 0.452. The molecule has 0 bridgehead atoms. The van der Waals surface area contributed by atoms with E-state index < -0.39 is 0 Å². The number of nitrogens with one attached hydrogen (secondary N) is 1. The molecule has 1 unspecified atom stereocenters. The van der Waals surface area contributed by atoms with Crippen LogP contribution in [0.2, 0.25) is 0 Å². The summed E-state index contributed by atoms with van der Waals surface area (Å²) in [6.45, 7) is 4.84.